The van der Waals surface area contributed by atoms with Crippen molar-refractivity contribution in [1.29, 1.82) is 0 Å². The molecule has 0 aromatic carbocycles. The first kappa shape index (κ1) is 13.7. The van der Waals surface area contributed by atoms with E-state index in [0.717, 1.165) is 0 Å². The van der Waals surface area contributed by atoms with Crippen LogP contribution in [-0.4, -0.2) is 35.1 Å². The van der Waals surface area contributed by atoms with Gasteiger partial charge in [0, 0.05) is 17.8 Å². The summed E-state index contributed by atoms with van der Waals surface area (Å²) in [7, 11) is 0. The van der Waals surface area contributed by atoms with E-state index in [0.29, 0.717) is 23.6 Å². The minimum absolute atomic E-state index is 0.222. The summed E-state index contributed by atoms with van der Waals surface area (Å²) >= 11 is 0. The number of aromatic nitrogens is 1. The predicted octanol–water partition coefficient (Wildman–Crippen LogP) is 0.566. The Labute approximate surface area is 105 Å². The molecule has 0 radical (unpaired) electrons. The van der Waals surface area contributed by atoms with Crippen molar-refractivity contribution in [2.75, 3.05) is 18.0 Å². The zero-order chi connectivity index (χ0) is 13.7. The van der Waals surface area contributed by atoms with Crippen LogP contribution in [0.15, 0.2) is 24.8 Å². The van der Waals surface area contributed by atoms with Crippen molar-refractivity contribution in [2.45, 2.75) is 6.92 Å². The Bertz CT molecular complexity index is 485. The molecule has 0 saturated heterocycles. The quantitative estimate of drug-likeness (QED) is 0.718. The van der Waals surface area contributed by atoms with Gasteiger partial charge in [-0.15, -0.1) is 6.58 Å². The molecule has 3 N–H and O–H groups in total. The molecular weight excluding hydrogens is 234 g/mol. The molecule has 1 aromatic rings. The zero-order valence-electron chi connectivity index (χ0n) is 10.1. The maximum absolute atomic E-state index is 11.1. The highest BCUT2D eigenvalue weighted by atomic mass is 16.4. The number of nitrogens with zero attached hydrogens (tertiary/aromatic N) is 2. The van der Waals surface area contributed by atoms with Crippen LogP contribution < -0.4 is 10.6 Å². The Morgan fingerprint density at radius 1 is 1.56 bits per heavy atom. The lowest BCUT2D eigenvalue weighted by molar-refractivity contribution is -0.135. The van der Waals surface area contributed by atoms with Crippen molar-refractivity contribution in [3.63, 3.8) is 0 Å². The van der Waals surface area contributed by atoms with Gasteiger partial charge in [0.2, 0.25) is 5.91 Å². The Hall–Kier alpha value is -2.37. The number of carboxylic acids is 1. The van der Waals surface area contributed by atoms with Crippen LogP contribution in [0.2, 0.25) is 0 Å². The fourth-order valence-corrected chi connectivity index (χ4v) is 1.51. The maximum Gasteiger partial charge on any atom is 0.323 e. The third kappa shape index (κ3) is 3.58. The molecule has 1 rings (SSSR count). The van der Waals surface area contributed by atoms with Gasteiger partial charge < -0.3 is 15.7 Å². The molecule has 0 atom stereocenters. The van der Waals surface area contributed by atoms with Crippen molar-refractivity contribution < 1.29 is 14.7 Å². The molecular formula is C12H15N3O3. The fourth-order valence-electron chi connectivity index (χ4n) is 1.51. The molecule has 6 nitrogen and oxygen atoms in total. The van der Waals surface area contributed by atoms with Gasteiger partial charge in [0.1, 0.15) is 12.4 Å². The highest BCUT2D eigenvalue weighted by molar-refractivity contribution is 5.93. The summed E-state index contributed by atoms with van der Waals surface area (Å²) in [6.07, 6.45) is 1.57. The SMILES string of the molecule is C=CCN(CC(=O)O)c1cc(C(N)=O)cc(C)n1. The van der Waals surface area contributed by atoms with Crippen LogP contribution in [0.4, 0.5) is 5.82 Å². The summed E-state index contributed by atoms with van der Waals surface area (Å²) in [5.41, 5.74) is 6.11. The standard InChI is InChI=1S/C12H15N3O3/c1-3-4-15(7-11(16)17)10-6-9(12(13)18)5-8(2)14-10/h3,5-6H,1,4,7H2,2H3,(H2,13,18)(H,16,17). The first-order chi connectivity index (χ1) is 8.43. The highest BCUT2D eigenvalue weighted by Gasteiger charge is 2.13. The van der Waals surface area contributed by atoms with Crippen molar-refractivity contribution in [2.24, 2.45) is 5.73 Å². The van der Waals surface area contributed by atoms with E-state index in [4.69, 9.17) is 10.8 Å². The van der Waals surface area contributed by atoms with Gasteiger partial charge in [0.05, 0.1) is 0 Å². The van der Waals surface area contributed by atoms with Crippen LogP contribution in [0.3, 0.4) is 0 Å². The second kappa shape index (κ2) is 5.81. The number of carbonyl (C=O) groups is 2. The second-order valence-corrected chi connectivity index (χ2v) is 3.78. The number of primary amides is 1. The van der Waals surface area contributed by atoms with E-state index in [-0.39, 0.29) is 6.54 Å². The van der Waals surface area contributed by atoms with E-state index in [1.54, 1.807) is 19.1 Å². The minimum atomic E-state index is -0.985. The molecule has 0 spiro atoms. The highest BCUT2D eigenvalue weighted by Crippen LogP contribution is 2.14. The van der Waals surface area contributed by atoms with E-state index in [9.17, 15) is 9.59 Å². The summed E-state index contributed by atoms with van der Waals surface area (Å²) in [5.74, 6) is -1.16. The molecule has 0 aliphatic rings. The summed E-state index contributed by atoms with van der Waals surface area (Å²) in [6.45, 7) is 5.37. The lowest BCUT2D eigenvalue weighted by atomic mass is 10.2. The molecule has 96 valence electrons. The normalized spacial score (nSPS) is 9.83. The van der Waals surface area contributed by atoms with Gasteiger partial charge in [-0.1, -0.05) is 6.08 Å². The number of amides is 1. The van der Waals surface area contributed by atoms with Crippen LogP contribution in [0.25, 0.3) is 0 Å². The maximum atomic E-state index is 11.1. The number of aryl methyl sites for hydroxylation is 1. The lowest BCUT2D eigenvalue weighted by Gasteiger charge is -2.20. The van der Waals surface area contributed by atoms with Gasteiger partial charge in [-0.25, -0.2) is 4.98 Å². The van der Waals surface area contributed by atoms with Crippen LogP contribution >= 0.6 is 0 Å². The molecule has 1 amide bonds. The zero-order valence-corrected chi connectivity index (χ0v) is 10.1. The molecule has 0 unspecified atom stereocenters. The van der Waals surface area contributed by atoms with E-state index in [1.807, 2.05) is 0 Å². The summed E-state index contributed by atoms with van der Waals surface area (Å²) in [4.78, 5) is 27.6. The fraction of sp³-hybridized carbons (Fsp3) is 0.250. The van der Waals surface area contributed by atoms with Crippen LogP contribution in [-0.2, 0) is 4.79 Å². The van der Waals surface area contributed by atoms with Gasteiger partial charge >= 0.3 is 5.97 Å². The molecule has 0 bridgehead atoms. The number of hydrogen-bond donors (Lipinski definition) is 2. The molecule has 1 aromatic heterocycles. The number of aliphatic carboxylic acids is 1. The average Bonchev–Trinajstić information content (AvgIpc) is 2.27. The third-order valence-corrected chi connectivity index (χ3v) is 2.22. The molecule has 6 heteroatoms. The Morgan fingerprint density at radius 2 is 2.22 bits per heavy atom. The number of carboxylic acid groups (broad SMARTS) is 1. The van der Waals surface area contributed by atoms with Crippen molar-refractivity contribution in [1.82, 2.24) is 4.98 Å². The Kier molecular flexibility index (Phi) is 4.42. The molecule has 0 aliphatic carbocycles. The minimum Gasteiger partial charge on any atom is -0.480 e. The van der Waals surface area contributed by atoms with Gasteiger partial charge in [0.15, 0.2) is 0 Å². The first-order valence-electron chi connectivity index (χ1n) is 5.30. The molecule has 18 heavy (non-hydrogen) atoms. The summed E-state index contributed by atoms with van der Waals surface area (Å²) in [5, 5.41) is 8.82. The number of anilines is 1. The summed E-state index contributed by atoms with van der Waals surface area (Å²) in [6, 6.07) is 3.03. The van der Waals surface area contributed by atoms with E-state index < -0.39 is 11.9 Å². The van der Waals surface area contributed by atoms with Gasteiger partial charge in [-0.05, 0) is 19.1 Å². The molecule has 0 fully saturated rings. The number of hydrogen-bond acceptors (Lipinski definition) is 4. The number of pyridine rings is 1. The van der Waals surface area contributed by atoms with Gasteiger partial charge in [0.25, 0.3) is 0 Å². The lowest BCUT2D eigenvalue weighted by Crippen LogP contribution is -2.31. The molecule has 0 saturated carbocycles. The van der Waals surface area contributed by atoms with Crippen LogP contribution in [0.5, 0.6) is 0 Å². The van der Waals surface area contributed by atoms with E-state index >= 15 is 0 Å². The van der Waals surface area contributed by atoms with Gasteiger partial charge in [-0.3, -0.25) is 9.59 Å². The van der Waals surface area contributed by atoms with Crippen molar-refractivity contribution in [3.8, 4) is 0 Å². The van der Waals surface area contributed by atoms with Crippen LogP contribution in [0, 0.1) is 6.92 Å². The van der Waals surface area contributed by atoms with Crippen LogP contribution in [0.1, 0.15) is 16.1 Å². The molecule has 1 heterocycles. The third-order valence-electron chi connectivity index (χ3n) is 2.22. The van der Waals surface area contributed by atoms with E-state index in [1.165, 1.54) is 11.0 Å². The molecule has 0 aliphatic heterocycles. The Balaban J connectivity index is 3.14. The Morgan fingerprint density at radius 3 is 2.72 bits per heavy atom. The smallest absolute Gasteiger partial charge is 0.323 e. The van der Waals surface area contributed by atoms with Crippen molar-refractivity contribution in [3.05, 3.63) is 36.0 Å². The topological polar surface area (TPSA) is 96.5 Å². The second-order valence-electron chi connectivity index (χ2n) is 3.78. The number of rotatable bonds is 6. The monoisotopic (exact) mass is 249 g/mol. The number of carbonyl (C=O) groups excluding carboxylic acids is 1. The average molecular weight is 249 g/mol. The largest absolute Gasteiger partial charge is 0.480 e. The van der Waals surface area contributed by atoms with Gasteiger partial charge in [-0.2, -0.15) is 0 Å². The van der Waals surface area contributed by atoms with E-state index in [2.05, 4.69) is 11.6 Å². The number of nitrogens with two attached hydrogens (primary N) is 1. The first-order valence-corrected chi connectivity index (χ1v) is 5.30. The predicted molar refractivity (Wildman–Crippen MR) is 67.5 cm³/mol. The van der Waals surface area contributed by atoms with Crippen molar-refractivity contribution >= 4 is 17.7 Å². The summed E-state index contributed by atoms with van der Waals surface area (Å²) < 4.78 is 0.